The van der Waals surface area contributed by atoms with Gasteiger partial charge >= 0.3 is 0 Å². The van der Waals surface area contributed by atoms with Crippen molar-refractivity contribution in [2.45, 2.75) is 20.8 Å². The third-order valence-electron chi connectivity index (χ3n) is 4.70. The third kappa shape index (κ3) is 5.41. The maximum Gasteiger partial charge on any atom is 0.129 e. The number of rotatable bonds is 6. The molecule has 0 spiro atoms. The van der Waals surface area contributed by atoms with E-state index in [1.165, 1.54) is 36.7 Å². The Kier molecular flexibility index (Phi) is 7.77. The zero-order valence-corrected chi connectivity index (χ0v) is 20.3. The Labute approximate surface area is 200 Å². The average molecular weight is 470 g/mol. The van der Waals surface area contributed by atoms with Crippen LogP contribution >= 0.6 is 34.0 Å². The molecule has 0 saturated carbocycles. The van der Waals surface area contributed by atoms with Crippen LogP contribution in [0.25, 0.3) is 31.7 Å². The molecule has 0 N–H and O–H groups in total. The second-order valence-corrected chi connectivity index (χ2v) is 10.1. The molecule has 32 heavy (non-hydrogen) atoms. The van der Waals surface area contributed by atoms with E-state index in [0.29, 0.717) is 5.57 Å². The second kappa shape index (κ2) is 10.7. The number of hydrogen-bond donors (Lipinski definition) is 0. The van der Waals surface area contributed by atoms with Crippen molar-refractivity contribution >= 4 is 46.2 Å². The van der Waals surface area contributed by atoms with E-state index in [1.54, 1.807) is 47.0 Å². The molecule has 0 fully saturated rings. The molecule has 0 saturated heterocycles. The van der Waals surface area contributed by atoms with E-state index in [0.717, 1.165) is 9.75 Å². The number of hydrogen-bond acceptors (Lipinski definition) is 6. The Morgan fingerprint density at radius 1 is 0.719 bits per heavy atom. The third-order valence-corrected chi connectivity index (χ3v) is 8.55. The van der Waals surface area contributed by atoms with Crippen LogP contribution < -0.4 is 0 Å². The molecule has 0 aromatic carbocycles. The molecule has 6 heteroatoms. The van der Waals surface area contributed by atoms with Crippen molar-refractivity contribution in [3.63, 3.8) is 0 Å². The Morgan fingerprint density at radius 3 is 1.69 bits per heavy atom. The van der Waals surface area contributed by atoms with Gasteiger partial charge < -0.3 is 0 Å². The van der Waals surface area contributed by atoms with E-state index in [4.69, 9.17) is 15.8 Å². The van der Waals surface area contributed by atoms with Gasteiger partial charge in [0.25, 0.3) is 0 Å². The molecule has 0 amide bonds. The van der Waals surface area contributed by atoms with Crippen molar-refractivity contribution in [2.75, 3.05) is 0 Å². The minimum atomic E-state index is 0.0915. The fraction of sp³-hybridized carbons (Fsp3) is 0.115. The van der Waals surface area contributed by atoms with Crippen LogP contribution in [0.1, 0.15) is 27.8 Å². The zero-order valence-electron chi connectivity index (χ0n) is 17.8. The van der Waals surface area contributed by atoms with Crippen LogP contribution in [0, 0.1) is 47.8 Å². The lowest BCUT2D eigenvalue weighted by Crippen LogP contribution is -1.75. The van der Waals surface area contributed by atoms with Crippen LogP contribution in [0.4, 0.5) is 0 Å². The van der Waals surface area contributed by atoms with Crippen molar-refractivity contribution in [1.82, 2.24) is 0 Å². The summed E-state index contributed by atoms with van der Waals surface area (Å²) in [6.07, 6.45) is 10.9. The highest BCUT2D eigenvalue weighted by Crippen LogP contribution is 2.45. The number of thiophene rings is 3. The highest BCUT2D eigenvalue weighted by Gasteiger charge is 2.17. The monoisotopic (exact) mass is 469 g/mol. The minimum Gasteiger partial charge on any atom is -0.193 e. The quantitative estimate of drug-likeness (QED) is 0.269. The first kappa shape index (κ1) is 23.2. The summed E-state index contributed by atoms with van der Waals surface area (Å²) < 4.78 is 0. The van der Waals surface area contributed by atoms with Gasteiger partial charge in [-0.2, -0.15) is 15.8 Å². The molecule has 0 aliphatic rings. The summed E-state index contributed by atoms with van der Waals surface area (Å²) in [4.78, 5) is 7.23. The largest absolute Gasteiger partial charge is 0.193 e. The lowest BCUT2D eigenvalue weighted by Gasteiger charge is -1.95. The van der Waals surface area contributed by atoms with Gasteiger partial charge in [0.05, 0.1) is 6.07 Å². The molecular formula is C26H19N3S3. The van der Waals surface area contributed by atoms with Gasteiger partial charge in [0.15, 0.2) is 0 Å². The van der Waals surface area contributed by atoms with E-state index >= 15 is 0 Å². The lowest BCUT2D eigenvalue weighted by molar-refractivity contribution is 1.41. The smallest absolute Gasteiger partial charge is 0.129 e. The summed E-state index contributed by atoms with van der Waals surface area (Å²) in [6.45, 7) is 6.13. The van der Waals surface area contributed by atoms with Crippen molar-refractivity contribution in [1.29, 1.82) is 15.8 Å². The van der Waals surface area contributed by atoms with Gasteiger partial charge in [-0.05, 0) is 80.5 Å². The fourth-order valence-corrected chi connectivity index (χ4v) is 6.35. The van der Waals surface area contributed by atoms with Crippen molar-refractivity contribution in [3.05, 3.63) is 80.6 Å². The Morgan fingerprint density at radius 2 is 1.22 bits per heavy atom. The Bertz CT molecular complexity index is 1370. The summed E-state index contributed by atoms with van der Waals surface area (Å²) in [5.74, 6) is 0. The molecule has 3 aromatic rings. The molecule has 3 rings (SSSR count). The predicted molar refractivity (Wildman–Crippen MR) is 137 cm³/mol. The predicted octanol–water partition coefficient (Wildman–Crippen LogP) is 8.29. The van der Waals surface area contributed by atoms with Crippen LogP contribution in [0.15, 0.2) is 59.7 Å². The SMILES string of the molecule is C/C(C#N)=C/C=C/c1ccc(-c2sc(-c3ccc(/C=C/C=C(C#N)C#N)s3)c(C)c2C)s1. The summed E-state index contributed by atoms with van der Waals surface area (Å²) in [5.41, 5.74) is 3.36. The molecule has 3 nitrogen and oxygen atoms in total. The van der Waals surface area contributed by atoms with Crippen LogP contribution in [-0.2, 0) is 0 Å². The molecule has 0 aliphatic heterocycles. The van der Waals surface area contributed by atoms with E-state index < -0.39 is 0 Å². The van der Waals surface area contributed by atoms with E-state index in [-0.39, 0.29) is 5.57 Å². The summed E-state index contributed by atoms with van der Waals surface area (Å²) in [7, 11) is 0. The Hall–Kier alpha value is -3.47. The Balaban J connectivity index is 1.85. The summed E-state index contributed by atoms with van der Waals surface area (Å²) in [6, 6.07) is 14.3. The van der Waals surface area contributed by atoms with Crippen molar-refractivity contribution in [2.24, 2.45) is 0 Å². The molecule has 0 bridgehead atoms. The minimum absolute atomic E-state index is 0.0915. The van der Waals surface area contributed by atoms with Gasteiger partial charge in [-0.15, -0.1) is 34.0 Å². The highest BCUT2D eigenvalue weighted by atomic mass is 32.1. The summed E-state index contributed by atoms with van der Waals surface area (Å²) >= 11 is 5.24. The van der Waals surface area contributed by atoms with Crippen molar-refractivity contribution < 1.29 is 0 Å². The molecular weight excluding hydrogens is 451 g/mol. The molecule has 0 unspecified atom stereocenters. The molecule has 3 heterocycles. The number of allylic oxidation sites excluding steroid dienone is 6. The van der Waals surface area contributed by atoms with Crippen LogP contribution in [0.5, 0.6) is 0 Å². The maximum atomic E-state index is 8.85. The van der Waals surface area contributed by atoms with Crippen LogP contribution in [-0.4, -0.2) is 0 Å². The van der Waals surface area contributed by atoms with Crippen molar-refractivity contribution in [3.8, 4) is 37.7 Å². The van der Waals surface area contributed by atoms with E-state index in [2.05, 4.69) is 44.2 Å². The first-order valence-corrected chi connectivity index (χ1v) is 12.2. The lowest BCUT2D eigenvalue weighted by atomic mass is 10.1. The normalized spacial score (nSPS) is 11.4. The van der Waals surface area contributed by atoms with Gasteiger partial charge in [-0.25, -0.2) is 0 Å². The zero-order chi connectivity index (χ0) is 23.1. The number of nitrogens with zero attached hydrogens (tertiary/aromatic N) is 3. The summed E-state index contributed by atoms with van der Waals surface area (Å²) in [5, 5.41) is 26.5. The maximum absolute atomic E-state index is 8.85. The average Bonchev–Trinajstić information content (AvgIpc) is 3.52. The first-order chi connectivity index (χ1) is 15.5. The first-order valence-electron chi connectivity index (χ1n) is 9.70. The molecule has 3 aromatic heterocycles. The van der Waals surface area contributed by atoms with Gasteiger partial charge in [0.1, 0.15) is 17.7 Å². The molecule has 0 atom stereocenters. The van der Waals surface area contributed by atoms with E-state index in [9.17, 15) is 0 Å². The van der Waals surface area contributed by atoms with E-state index in [1.807, 2.05) is 36.4 Å². The number of nitriles is 3. The molecule has 156 valence electrons. The molecule has 0 radical (unpaired) electrons. The standard InChI is InChI=1S/C26H19N3S3/c1-17(14-27)6-4-8-21-10-12-23(30-21)25-18(2)19(3)26(32-25)24-13-11-22(31-24)9-5-7-20(15-28)16-29/h4-13H,1-3H3/b8-4+,9-5+,17-6-. The van der Waals surface area contributed by atoms with Gasteiger partial charge in [0, 0.05) is 34.8 Å². The van der Waals surface area contributed by atoms with Gasteiger partial charge in [0.2, 0.25) is 0 Å². The van der Waals surface area contributed by atoms with Crippen LogP contribution in [0.3, 0.4) is 0 Å². The highest BCUT2D eigenvalue weighted by molar-refractivity contribution is 7.27. The molecule has 0 aliphatic carbocycles. The fourth-order valence-electron chi connectivity index (χ4n) is 2.86. The second-order valence-electron chi connectivity index (χ2n) is 6.90. The van der Waals surface area contributed by atoms with Crippen LogP contribution in [0.2, 0.25) is 0 Å². The van der Waals surface area contributed by atoms with Gasteiger partial charge in [-0.3, -0.25) is 0 Å². The topological polar surface area (TPSA) is 71.4 Å². The van der Waals surface area contributed by atoms with Gasteiger partial charge in [-0.1, -0.05) is 12.2 Å².